The Balaban J connectivity index is 0.00000420. The summed E-state index contributed by atoms with van der Waals surface area (Å²) in [6.07, 6.45) is -12.5. The number of methoxy groups -OCH3 is 1. The molecule has 1 amide bonds. The molecule has 2 saturated heterocycles. The van der Waals surface area contributed by atoms with E-state index in [-0.39, 0.29) is 29.6 Å². The summed E-state index contributed by atoms with van der Waals surface area (Å²) >= 11 is 0. The van der Waals surface area contributed by atoms with Crippen molar-refractivity contribution >= 4 is 11.9 Å². The number of carboxylic acid groups (broad SMARTS) is 1. The van der Waals surface area contributed by atoms with Crippen molar-refractivity contribution in [2.24, 2.45) is 0 Å². The molecule has 10 atom stereocenters. The number of aliphatic hydroxyl groups excluding tert-OH is 4. The largest absolute Gasteiger partial charge is 1.00 e. The van der Waals surface area contributed by atoms with Crippen LogP contribution in [-0.4, -0.2) is 107 Å². The van der Waals surface area contributed by atoms with E-state index < -0.39 is 79.6 Å². The van der Waals surface area contributed by atoms with Gasteiger partial charge < -0.3 is 54.6 Å². The normalized spacial score (nSPS) is 42.6. The molecule has 1 unspecified atom stereocenters. The zero-order valence-corrected chi connectivity index (χ0v) is 18.6. The average molecular weight is 431 g/mol. The van der Waals surface area contributed by atoms with Gasteiger partial charge in [-0.05, 0) is 6.92 Å². The van der Waals surface area contributed by atoms with Crippen molar-refractivity contribution in [3.05, 3.63) is 0 Å². The van der Waals surface area contributed by atoms with Crippen LogP contribution in [0.15, 0.2) is 0 Å². The Labute approximate surface area is 189 Å². The summed E-state index contributed by atoms with van der Waals surface area (Å²) in [7, 11) is 1.26. The molecular weight excluding hydrogens is 405 g/mol. The smallest absolute Gasteiger partial charge is 0.547 e. The third kappa shape index (κ3) is 5.86. The fourth-order valence-corrected chi connectivity index (χ4v) is 3.39. The number of amides is 1. The van der Waals surface area contributed by atoms with Gasteiger partial charge in [0.2, 0.25) is 5.91 Å². The molecule has 0 saturated carbocycles. The second-order valence-electron chi connectivity index (χ2n) is 6.81. The molecule has 0 aromatic carbocycles. The van der Waals surface area contributed by atoms with Crippen LogP contribution >= 0.6 is 0 Å². The SMILES string of the molecule is CO[C@H]1[C@H](O)[C@@H](CO)O[C@@H](O[C@H]2C(O)[C@@H](O)[C@H](C)O[C@@H]2C(=O)[O-])[C@@H]1NC(C)=O.[Na+]. The maximum Gasteiger partial charge on any atom is 1.00 e. The van der Waals surface area contributed by atoms with Crippen LogP contribution in [-0.2, 0) is 28.5 Å². The van der Waals surface area contributed by atoms with Gasteiger partial charge in [0.25, 0.3) is 0 Å². The number of aliphatic hydroxyl groups is 4. The predicted octanol–water partition coefficient (Wildman–Crippen LogP) is -7.77. The number of carboxylic acids is 1. The zero-order valence-electron chi connectivity index (χ0n) is 16.6. The molecule has 0 spiro atoms. The Morgan fingerprint density at radius 1 is 1.10 bits per heavy atom. The first kappa shape index (κ1) is 26.7. The summed E-state index contributed by atoms with van der Waals surface area (Å²) in [6.45, 7) is 1.94. The standard InChI is InChI=1S/C16H27NO11.Na/c1-5-9(20)11(22)13(14(26-5)15(23)24)28-16-8(17-6(2)19)12(25-3)10(21)7(4-18)27-16;/h5,7-14,16,18,20-22H,4H2,1-3H3,(H,17,19)(H,23,24);/q;+1/p-1/t5-,7+,8+,9-,10+,11?,12+,13-,14-,16-;/m0./s1. The summed E-state index contributed by atoms with van der Waals surface area (Å²) in [5.74, 6) is -2.21. The van der Waals surface area contributed by atoms with E-state index in [1.807, 2.05) is 0 Å². The third-order valence-electron chi connectivity index (χ3n) is 4.85. The van der Waals surface area contributed by atoms with Crippen LogP contribution in [0.2, 0.25) is 0 Å². The maximum absolute atomic E-state index is 11.6. The molecule has 13 heteroatoms. The van der Waals surface area contributed by atoms with Crippen LogP contribution in [0.1, 0.15) is 13.8 Å². The molecule has 162 valence electrons. The quantitative estimate of drug-likeness (QED) is 0.251. The van der Waals surface area contributed by atoms with Gasteiger partial charge in [-0.15, -0.1) is 0 Å². The number of hydrogen-bond acceptors (Lipinski definition) is 11. The van der Waals surface area contributed by atoms with Crippen LogP contribution in [0.3, 0.4) is 0 Å². The number of aliphatic carboxylic acids is 1. The molecular formula is C16H26NNaO11. The first-order chi connectivity index (χ1) is 13.1. The van der Waals surface area contributed by atoms with Gasteiger partial charge in [-0.3, -0.25) is 4.79 Å². The number of nitrogens with one attached hydrogen (secondary N) is 1. The first-order valence-corrected chi connectivity index (χ1v) is 8.74. The van der Waals surface area contributed by atoms with Gasteiger partial charge in [0.1, 0.15) is 48.8 Å². The van der Waals surface area contributed by atoms with Crippen LogP contribution in [0.25, 0.3) is 0 Å². The van der Waals surface area contributed by atoms with E-state index in [2.05, 4.69) is 5.32 Å². The average Bonchev–Trinajstić information content (AvgIpc) is 2.63. The Morgan fingerprint density at radius 2 is 1.72 bits per heavy atom. The minimum Gasteiger partial charge on any atom is -0.547 e. The molecule has 0 bridgehead atoms. The minimum atomic E-state index is -1.74. The van der Waals surface area contributed by atoms with Crippen molar-refractivity contribution in [3.63, 3.8) is 0 Å². The van der Waals surface area contributed by atoms with Crippen molar-refractivity contribution < 1.29 is 83.6 Å². The zero-order chi connectivity index (χ0) is 21.2. The third-order valence-corrected chi connectivity index (χ3v) is 4.85. The van der Waals surface area contributed by atoms with Crippen molar-refractivity contribution in [2.75, 3.05) is 13.7 Å². The van der Waals surface area contributed by atoms with Gasteiger partial charge >= 0.3 is 29.6 Å². The number of carbonyl (C=O) groups excluding carboxylic acids is 2. The molecule has 2 aliphatic rings. The molecule has 2 rings (SSSR count). The molecule has 2 fully saturated rings. The maximum atomic E-state index is 11.6. The van der Waals surface area contributed by atoms with Crippen LogP contribution in [0, 0.1) is 0 Å². The summed E-state index contributed by atoms with van der Waals surface area (Å²) in [5, 5.41) is 53.9. The van der Waals surface area contributed by atoms with E-state index in [1.165, 1.54) is 21.0 Å². The Bertz CT molecular complexity index is 567. The molecule has 0 aromatic rings. The predicted molar refractivity (Wildman–Crippen MR) is 86.4 cm³/mol. The van der Waals surface area contributed by atoms with E-state index in [4.69, 9.17) is 18.9 Å². The Hall–Kier alpha value is -0.380. The van der Waals surface area contributed by atoms with Gasteiger partial charge in [-0.2, -0.15) is 0 Å². The van der Waals surface area contributed by atoms with E-state index in [0.29, 0.717) is 0 Å². The fourth-order valence-electron chi connectivity index (χ4n) is 3.39. The van der Waals surface area contributed by atoms with Crippen LogP contribution < -0.4 is 40.0 Å². The molecule has 2 heterocycles. The van der Waals surface area contributed by atoms with Gasteiger partial charge in [-0.1, -0.05) is 0 Å². The minimum absolute atomic E-state index is 0. The van der Waals surface area contributed by atoms with Crippen molar-refractivity contribution in [1.82, 2.24) is 5.32 Å². The van der Waals surface area contributed by atoms with Crippen molar-refractivity contribution in [2.45, 2.75) is 75.0 Å². The summed E-state index contributed by atoms with van der Waals surface area (Å²) < 4.78 is 21.4. The van der Waals surface area contributed by atoms with Crippen LogP contribution in [0.5, 0.6) is 0 Å². The number of hydrogen-bond donors (Lipinski definition) is 5. The molecule has 0 aliphatic carbocycles. The first-order valence-electron chi connectivity index (χ1n) is 8.74. The summed E-state index contributed by atoms with van der Waals surface area (Å²) in [6, 6.07) is -1.12. The van der Waals surface area contributed by atoms with Crippen LogP contribution in [0.4, 0.5) is 0 Å². The van der Waals surface area contributed by atoms with Gasteiger partial charge in [0.05, 0.1) is 18.7 Å². The van der Waals surface area contributed by atoms with E-state index in [9.17, 15) is 35.1 Å². The van der Waals surface area contributed by atoms with Gasteiger partial charge in [0, 0.05) is 14.0 Å². The van der Waals surface area contributed by atoms with Gasteiger partial charge in [-0.25, -0.2) is 0 Å². The topological polar surface area (TPSA) is 187 Å². The Morgan fingerprint density at radius 3 is 2.21 bits per heavy atom. The molecule has 5 N–H and O–H groups in total. The molecule has 12 nitrogen and oxygen atoms in total. The second-order valence-corrected chi connectivity index (χ2v) is 6.81. The van der Waals surface area contributed by atoms with E-state index in [1.54, 1.807) is 0 Å². The molecule has 0 aromatic heterocycles. The van der Waals surface area contributed by atoms with Gasteiger partial charge in [0.15, 0.2) is 6.29 Å². The van der Waals surface area contributed by atoms with Crippen molar-refractivity contribution in [1.29, 1.82) is 0 Å². The number of rotatable bonds is 6. The monoisotopic (exact) mass is 431 g/mol. The molecule has 0 radical (unpaired) electrons. The fraction of sp³-hybridized carbons (Fsp3) is 0.875. The van der Waals surface area contributed by atoms with Crippen molar-refractivity contribution in [3.8, 4) is 0 Å². The number of ether oxygens (including phenoxy) is 4. The number of carbonyl (C=O) groups is 2. The molecule has 29 heavy (non-hydrogen) atoms. The summed E-state index contributed by atoms with van der Waals surface area (Å²) in [4.78, 5) is 23.0. The van der Waals surface area contributed by atoms with E-state index >= 15 is 0 Å². The second kappa shape index (κ2) is 11.3. The Kier molecular flexibility index (Phi) is 10.4. The molecule has 2 aliphatic heterocycles. The summed E-state index contributed by atoms with van der Waals surface area (Å²) in [5.41, 5.74) is 0. The van der Waals surface area contributed by atoms with E-state index in [0.717, 1.165) is 0 Å².